The van der Waals surface area contributed by atoms with Gasteiger partial charge >= 0.3 is 0 Å². The van der Waals surface area contributed by atoms with Crippen molar-refractivity contribution in [2.45, 2.75) is 0 Å². The second-order valence-electron chi connectivity index (χ2n) is 15.9. The second-order valence-corrected chi connectivity index (χ2v) is 15.9. The van der Waals surface area contributed by atoms with E-state index in [1.807, 2.05) is 0 Å². The molecule has 0 radical (unpaired) electrons. The van der Waals surface area contributed by atoms with Crippen LogP contribution < -0.4 is 4.90 Å². The first-order valence-corrected chi connectivity index (χ1v) is 21.2. The summed E-state index contributed by atoms with van der Waals surface area (Å²) in [5, 5.41) is 9.60. The Balaban J connectivity index is 1.15. The number of hydrogen-bond acceptors (Lipinski definition) is 2. The average Bonchev–Trinajstić information content (AvgIpc) is 3.74. The van der Waals surface area contributed by atoms with Crippen molar-refractivity contribution in [3.05, 3.63) is 237 Å². The molecule has 290 valence electrons. The summed E-state index contributed by atoms with van der Waals surface area (Å²) in [5.41, 5.74) is 12.0. The number of anilines is 3. The van der Waals surface area contributed by atoms with Crippen molar-refractivity contribution < 1.29 is 0 Å². The molecule has 62 heavy (non-hydrogen) atoms. The molecule has 0 aliphatic heterocycles. The van der Waals surface area contributed by atoms with Crippen molar-refractivity contribution in [1.82, 2.24) is 9.55 Å². The molecule has 1 heterocycles. The fourth-order valence-electron chi connectivity index (χ4n) is 9.46. The van der Waals surface area contributed by atoms with Crippen LogP contribution in [0.4, 0.5) is 17.1 Å². The summed E-state index contributed by atoms with van der Waals surface area (Å²) in [4.78, 5) is 8.15. The van der Waals surface area contributed by atoms with Crippen LogP contribution in [0, 0.1) is 0 Å². The van der Waals surface area contributed by atoms with Gasteiger partial charge in [-0.2, -0.15) is 0 Å². The van der Waals surface area contributed by atoms with Gasteiger partial charge in [0.25, 0.3) is 0 Å². The van der Waals surface area contributed by atoms with Crippen LogP contribution in [0.1, 0.15) is 0 Å². The molecule has 0 atom stereocenters. The quantitative estimate of drug-likeness (QED) is 0.160. The van der Waals surface area contributed by atoms with Gasteiger partial charge in [0.05, 0.1) is 16.7 Å². The molecular weight excluding hydrogens is 751 g/mol. The van der Waals surface area contributed by atoms with Crippen molar-refractivity contribution >= 4 is 71.2 Å². The predicted molar refractivity (Wildman–Crippen MR) is 262 cm³/mol. The van der Waals surface area contributed by atoms with Gasteiger partial charge < -0.3 is 4.90 Å². The third-order valence-electron chi connectivity index (χ3n) is 12.3. The van der Waals surface area contributed by atoms with E-state index < -0.39 is 0 Å². The molecule has 0 aliphatic carbocycles. The highest BCUT2D eigenvalue weighted by molar-refractivity contribution is 6.21. The third kappa shape index (κ3) is 5.94. The number of rotatable bonds is 7. The number of imidazole rings is 1. The maximum absolute atomic E-state index is 5.80. The van der Waals surface area contributed by atoms with E-state index in [0.717, 1.165) is 67.4 Å². The first-order chi connectivity index (χ1) is 30.8. The number of hydrogen-bond donors (Lipinski definition) is 0. The normalized spacial score (nSPS) is 11.5. The predicted octanol–water partition coefficient (Wildman–Crippen LogP) is 16.1. The molecule has 0 aliphatic rings. The summed E-state index contributed by atoms with van der Waals surface area (Å²) < 4.78 is 2.39. The summed E-state index contributed by atoms with van der Waals surface area (Å²) in [6, 6.07) is 85.3. The minimum absolute atomic E-state index is 0.883. The SMILES string of the molecule is c1ccc(N(c2ccc(-c3nc4c(-c5ccc6ccccc6c5)c5ccccc5c(-c5ccc6ccccc6c5)c4n3-c3ccccc3)cc2)c2cccc3ccccc23)cc1. The van der Waals surface area contributed by atoms with Gasteiger partial charge in [-0.1, -0.05) is 170 Å². The van der Waals surface area contributed by atoms with Crippen LogP contribution in [0.15, 0.2) is 237 Å². The monoisotopic (exact) mass is 789 g/mol. The van der Waals surface area contributed by atoms with E-state index in [2.05, 4.69) is 246 Å². The highest BCUT2D eigenvalue weighted by Crippen LogP contribution is 2.47. The maximum atomic E-state index is 5.80. The van der Waals surface area contributed by atoms with Crippen LogP contribution >= 0.6 is 0 Å². The molecule has 3 heteroatoms. The zero-order valence-electron chi connectivity index (χ0n) is 33.9. The van der Waals surface area contributed by atoms with E-state index in [4.69, 9.17) is 4.98 Å². The zero-order chi connectivity index (χ0) is 41.0. The summed E-state index contributed by atoms with van der Waals surface area (Å²) >= 11 is 0. The van der Waals surface area contributed by atoms with Crippen LogP contribution in [0.25, 0.3) is 93.5 Å². The second kappa shape index (κ2) is 14.8. The van der Waals surface area contributed by atoms with Crippen LogP contribution in [-0.2, 0) is 0 Å². The highest BCUT2D eigenvalue weighted by atomic mass is 15.1. The van der Waals surface area contributed by atoms with Crippen LogP contribution in [-0.4, -0.2) is 9.55 Å². The van der Waals surface area contributed by atoms with Gasteiger partial charge in [0.1, 0.15) is 5.82 Å². The minimum atomic E-state index is 0.883. The van der Waals surface area contributed by atoms with Crippen molar-refractivity contribution in [3.8, 4) is 39.3 Å². The van der Waals surface area contributed by atoms with Gasteiger partial charge in [-0.25, -0.2) is 4.98 Å². The molecule has 1 aromatic heterocycles. The summed E-state index contributed by atoms with van der Waals surface area (Å²) in [7, 11) is 0. The first-order valence-electron chi connectivity index (χ1n) is 21.2. The first kappa shape index (κ1) is 35.7. The van der Waals surface area contributed by atoms with Gasteiger partial charge in [0.2, 0.25) is 0 Å². The van der Waals surface area contributed by atoms with Gasteiger partial charge in [0, 0.05) is 39.1 Å². The van der Waals surface area contributed by atoms with E-state index in [0.29, 0.717) is 0 Å². The molecular formula is C59H39N3. The maximum Gasteiger partial charge on any atom is 0.145 e. The number of aromatic nitrogens is 2. The highest BCUT2D eigenvalue weighted by Gasteiger charge is 2.26. The number of nitrogens with zero attached hydrogens (tertiary/aromatic N) is 3. The number of benzene rings is 11. The molecule has 0 spiro atoms. The van der Waals surface area contributed by atoms with Gasteiger partial charge in [-0.15, -0.1) is 0 Å². The van der Waals surface area contributed by atoms with Crippen molar-refractivity contribution in [1.29, 1.82) is 0 Å². The van der Waals surface area contributed by atoms with Gasteiger partial charge in [-0.05, 0) is 116 Å². The Morgan fingerprint density at radius 2 is 0.823 bits per heavy atom. The average molecular weight is 790 g/mol. The Morgan fingerprint density at radius 3 is 1.48 bits per heavy atom. The molecule has 0 bridgehead atoms. The number of para-hydroxylation sites is 2. The minimum Gasteiger partial charge on any atom is -0.310 e. The summed E-state index contributed by atoms with van der Waals surface area (Å²) in [6.45, 7) is 0. The molecule has 0 saturated carbocycles. The van der Waals surface area contributed by atoms with Gasteiger partial charge in [-0.3, -0.25) is 4.57 Å². The topological polar surface area (TPSA) is 21.1 Å². The van der Waals surface area contributed by atoms with E-state index in [1.54, 1.807) is 0 Å². The fourth-order valence-corrected chi connectivity index (χ4v) is 9.46. The molecule has 0 amide bonds. The lowest BCUT2D eigenvalue weighted by molar-refractivity contribution is 1.10. The molecule has 12 aromatic rings. The van der Waals surface area contributed by atoms with Crippen LogP contribution in [0.3, 0.4) is 0 Å². The molecule has 0 N–H and O–H groups in total. The van der Waals surface area contributed by atoms with E-state index in [1.165, 1.54) is 43.1 Å². The Hall–Kier alpha value is -8.27. The Kier molecular flexibility index (Phi) is 8.50. The molecule has 11 aromatic carbocycles. The summed E-state index contributed by atoms with van der Waals surface area (Å²) in [6.07, 6.45) is 0. The smallest absolute Gasteiger partial charge is 0.145 e. The van der Waals surface area contributed by atoms with E-state index in [-0.39, 0.29) is 0 Å². The molecule has 0 saturated heterocycles. The zero-order valence-corrected chi connectivity index (χ0v) is 33.9. The lowest BCUT2D eigenvalue weighted by Gasteiger charge is -2.27. The van der Waals surface area contributed by atoms with Crippen LogP contribution in [0.2, 0.25) is 0 Å². The number of fused-ring (bicyclic) bond motifs is 5. The largest absolute Gasteiger partial charge is 0.310 e. The van der Waals surface area contributed by atoms with E-state index >= 15 is 0 Å². The van der Waals surface area contributed by atoms with Crippen molar-refractivity contribution in [3.63, 3.8) is 0 Å². The molecule has 0 unspecified atom stereocenters. The molecule has 12 rings (SSSR count). The fraction of sp³-hybridized carbons (Fsp3) is 0. The summed E-state index contributed by atoms with van der Waals surface area (Å²) in [5.74, 6) is 0.883. The van der Waals surface area contributed by atoms with E-state index in [9.17, 15) is 0 Å². The molecule has 3 nitrogen and oxygen atoms in total. The lowest BCUT2D eigenvalue weighted by Crippen LogP contribution is -2.10. The Labute approximate surface area is 360 Å². The lowest BCUT2D eigenvalue weighted by atomic mass is 9.89. The molecule has 0 fully saturated rings. The standard InChI is InChI=1S/C59H39N3/c1-3-22-48(23-4-1)61(54-29-15-21-42-18-11-12-26-51(42)54)50-36-34-43(35-37-50)59-60-57-55(46-32-30-40-16-7-9-19-44(40)38-46)52-27-13-14-28-53(52)56(58(57)62(59)49-24-5-2-6-25-49)47-33-31-41-17-8-10-20-45(41)39-47/h1-39H. The van der Waals surface area contributed by atoms with Crippen LogP contribution in [0.5, 0.6) is 0 Å². The van der Waals surface area contributed by atoms with Crippen molar-refractivity contribution in [2.24, 2.45) is 0 Å². The Bertz CT molecular complexity index is 3620. The van der Waals surface area contributed by atoms with Crippen molar-refractivity contribution in [2.75, 3.05) is 4.90 Å². The third-order valence-corrected chi connectivity index (χ3v) is 12.3. The Morgan fingerprint density at radius 1 is 0.339 bits per heavy atom. The van der Waals surface area contributed by atoms with Gasteiger partial charge in [0.15, 0.2) is 0 Å².